The largest absolute Gasteiger partial charge is 0.384 e. The molecule has 0 unspecified atom stereocenters. The lowest BCUT2D eigenvalue weighted by molar-refractivity contribution is 0.510. The number of benzene rings is 4. The molecule has 52 heavy (non-hydrogen) atoms. The summed E-state index contributed by atoms with van der Waals surface area (Å²) in [6, 6.07) is 29.9. The van der Waals surface area contributed by atoms with Gasteiger partial charge in [-0.15, -0.1) is 0 Å². The highest BCUT2D eigenvalue weighted by Crippen LogP contribution is 2.56. The first kappa shape index (κ1) is 39.2. The van der Waals surface area contributed by atoms with Crippen LogP contribution in [0, 0.1) is 0 Å². The minimum atomic E-state index is -0.883. The first-order valence-electron chi connectivity index (χ1n) is 19.9. The fourth-order valence-corrected chi connectivity index (χ4v) is 11.8. The number of thioether (sulfide) groups is 1. The van der Waals surface area contributed by atoms with Crippen molar-refractivity contribution in [2.24, 2.45) is 0 Å². The Morgan fingerprint density at radius 2 is 1.04 bits per heavy atom. The van der Waals surface area contributed by atoms with E-state index in [0.29, 0.717) is 0 Å². The molecular weight excluding hydrogens is 666 g/mol. The monoisotopic (exact) mass is 731 g/mol. The molecule has 1 N–H and O–H groups in total. The maximum atomic E-state index is 3.95. The Bertz CT molecular complexity index is 1780. The van der Waals surface area contributed by atoms with Crippen LogP contribution in [0.25, 0.3) is 0 Å². The van der Waals surface area contributed by atoms with Crippen LogP contribution >= 0.6 is 19.7 Å². The SMILES string of the molecule is CCSCCNc1cccc2c1[C@@]1(CC2)CCc2cccc(P(c3cc(C(C)(C)C)cc(C(C)(C)C)c3)c3cc(C(C)(C)C)cc(C(C)(C)C)c3)c21. The summed E-state index contributed by atoms with van der Waals surface area (Å²) in [4.78, 5) is 0. The summed E-state index contributed by atoms with van der Waals surface area (Å²) >= 11 is 2.03. The first-order chi connectivity index (χ1) is 24.2. The van der Waals surface area contributed by atoms with Gasteiger partial charge < -0.3 is 5.32 Å². The highest BCUT2D eigenvalue weighted by molar-refractivity contribution is 7.99. The van der Waals surface area contributed by atoms with Crippen molar-refractivity contribution in [3.8, 4) is 0 Å². The van der Waals surface area contributed by atoms with Crippen molar-refractivity contribution in [3.63, 3.8) is 0 Å². The molecule has 3 heteroatoms. The van der Waals surface area contributed by atoms with Crippen molar-refractivity contribution in [2.75, 3.05) is 23.4 Å². The molecular formula is C49H66NPS. The number of hydrogen-bond acceptors (Lipinski definition) is 2. The lowest BCUT2D eigenvalue weighted by Gasteiger charge is -2.35. The van der Waals surface area contributed by atoms with E-state index in [0.717, 1.165) is 25.1 Å². The molecule has 0 fully saturated rings. The van der Waals surface area contributed by atoms with Crippen LogP contribution < -0.4 is 21.2 Å². The van der Waals surface area contributed by atoms with E-state index in [4.69, 9.17) is 0 Å². The number of fused-ring (bicyclic) bond motifs is 4. The maximum Gasteiger partial charge on any atom is 0.0384 e. The van der Waals surface area contributed by atoms with Crippen molar-refractivity contribution in [1.82, 2.24) is 0 Å². The van der Waals surface area contributed by atoms with E-state index in [1.165, 1.54) is 57.1 Å². The van der Waals surface area contributed by atoms with E-state index in [2.05, 4.69) is 168 Å². The highest BCUT2D eigenvalue weighted by atomic mass is 32.2. The second kappa shape index (κ2) is 14.3. The number of anilines is 1. The quantitative estimate of drug-likeness (QED) is 0.143. The minimum Gasteiger partial charge on any atom is -0.384 e. The number of aryl methyl sites for hydroxylation is 2. The third-order valence-corrected chi connectivity index (χ3v) is 15.0. The van der Waals surface area contributed by atoms with E-state index in [1.807, 2.05) is 11.8 Å². The van der Waals surface area contributed by atoms with Gasteiger partial charge in [0.05, 0.1) is 0 Å². The van der Waals surface area contributed by atoms with E-state index < -0.39 is 7.92 Å². The molecule has 1 nitrogen and oxygen atoms in total. The molecule has 4 aromatic carbocycles. The average Bonchev–Trinajstić information content (AvgIpc) is 3.63. The molecule has 0 bridgehead atoms. The van der Waals surface area contributed by atoms with Gasteiger partial charge in [-0.3, -0.25) is 0 Å². The number of hydrogen-bond donors (Lipinski definition) is 1. The Labute approximate surface area is 323 Å². The summed E-state index contributed by atoms with van der Waals surface area (Å²) in [6.07, 6.45) is 4.70. The van der Waals surface area contributed by atoms with E-state index in [9.17, 15) is 0 Å². The summed E-state index contributed by atoms with van der Waals surface area (Å²) in [5.41, 5.74) is 13.7. The van der Waals surface area contributed by atoms with Crippen molar-refractivity contribution >= 4 is 41.3 Å². The molecule has 0 heterocycles. The molecule has 0 aliphatic heterocycles. The molecule has 0 saturated carbocycles. The van der Waals surface area contributed by atoms with Crippen molar-refractivity contribution < 1.29 is 0 Å². The summed E-state index contributed by atoms with van der Waals surface area (Å²) in [5, 5.41) is 8.52. The highest BCUT2D eigenvalue weighted by Gasteiger charge is 2.48. The molecule has 6 rings (SSSR count). The molecule has 4 aromatic rings. The normalized spacial score (nSPS) is 17.6. The van der Waals surface area contributed by atoms with Crippen LogP contribution in [0.1, 0.15) is 147 Å². The van der Waals surface area contributed by atoms with Crippen LogP contribution in [0.4, 0.5) is 5.69 Å². The van der Waals surface area contributed by atoms with Crippen LogP contribution in [0.5, 0.6) is 0 Å². The van der Waals surface area contributed by atoms with E-state index >= 15 is 0 Å². The van der Waals surface area contributed by atoms with Gasteiger partial charge in [-0.25, -0.2) is 0 Å². The van der Waals surface area contributed by atoms with Gasteiger partial charge in [0.15, 0.2) is 0 Å². The lowest BCUT2D eigenvalue weighted by Crippen LogP contribution is -2.33. The fraction of sp³-hybridized carbons (Fsp3) is 0.510. The lowest BCUT2D eigenvalue weighted by atomic mass is 9.76. The number of nitrogens with one attached hydrogen (secondary N) is 1. The molecule has 278 valence electrons. The smallest absolute Gasteiger partial charge is 0.0384 e. The van der Waals surface area contributed by atoms with Crippen LogP contribution in [0.15, 0.2) is 72.8 Å². The Morgan fingerprint density at radius 1 is 0.596 bits per heavy atom. The standard InChI is InChI=1S/C49H66NPS/c1-14-52-26-25-50-41-19-15-17-33-21-23-49(43(33)41)24-22-34-18-16-20-42(44(34)49)51(39-29-35(45(2,3)4)27-36(30-39)46(5,6)7)40-31-37(47(8,9)10)28-38(32-40)48(11,12)13/h15-20,27-32,50H,14,21-26H2,1-13H3/t49-/m1/s1. The Balaban J connectivity index is 1.67. The first-order valence-corrected chi connectivity index (χ1v) is 22.4. The van der Waals surface area contributed by atoms with Gasteiger partial charge in [0.25, 0.3) is 0 Å². The molecule has 1 spiro atoms. The third-order valence-electron chi connectivity index (χ3n) is 11.7. The third kappa shape index (κ3) is 7.68. The van der Waals surface area contributed by atoms with E-state index in [-0.39, 0.29) is 27.1 Å². The van der Waals surface area contributed by atoms with Gasteiger partial charge in [-0.2, -0.15) is 11.8 Å². The van der Waals surface area contributed by atoms with Gasteiger partial charge in [0, 0.05) is 23.4 Å². The molecule has 0 saturated heterocycles. The van der Waals surface area contributed by atoms with Crippen molar-refractivity contribution in [1.29, 1.82) is 0 Å². The van der Waals surface area contributed by atoms with Crippen LogP contribution in [0.3, 0.4) is 0 Å². The predicted molar refractivity (Wildman–Crippen MR) is 235 cm³/mol. The zero-order valence-electron chi connectivity index (χ0n) is 34.7. The maximum absolute atomic E-state index is 3.95. The van der Waals surface area contributed by atoms with Gasteiger partial charge in [-0.05, 0) is 128 Å². The van der Waals surface area contributed by atoms with Crippen molar-refractivity contribution in [2.45, 2.75) is 143 Å². The second-order valence-corrected chi connectivity index (χ2v) is 23.3. The van der Waals surface area contributed by atoms with Crippen LogP contribution in [-0.2, 0) is 39.9 Å². The van der Waals surface area contributed by atoms with Gasteiger partial charge >= 0.3 is 0 Å². The van der Waals surface area contributed by atoms with Crippen LogP contribution in [-0.4, -0.2) is 18.1 Å². The Kier molecular flexibility index (Phi) is 10.7. The zero-order valence-corrected chi connectivity index (χ0v) is 36.4. The zero-order chi connectivity index (χ0) is 37.9. The van der Waals surface area contributed by atoms with Crippen molar-refractivity contribution in [3.05, 3.63) is 117 Å². The van der Waals surface area contributed by atoms with Gasteiger partial charge in [-0.1, -0.05) is 157 Å². The van der Waals surface area contributed by atoms with Crippen LogP contribution in [0.2, 0.25) is 0 Å². The minimum absolute atomic E-state index is 0.0341. The molecule has 1 atom stereocenters. The summed E-state index contributed by atoms with van der Waals surface area (Å²) in [7, 11) is -0.883. The Hall–Kier alpha value is -2.54. The summed E-state index contributed by atoms with van der Waals surface area (Å²) in [6.45, 7) is 31.9. The number of rotatable bonds is 8. The molecule has 0 aromatic heterocycles. The van der Waals surface area contributed by atoms with E-state index in [1.54, 1.807) is 27.6 Å². The Morgan fingerprint density at radius 3 is 1.48 bits per heavy atom. The molecule has 0 radical (unpaired) electrons. The summed E-state index contributed by atoms with van der Waals surface area (Å²) in [5.74, 6) is 2.31. The molecule has 2 aliphatic carbocycles. The predicted octanol–water partition coefficient (Wildman–Crippen LogP) is 12.0. The molecule has 0 amide bonds. The topological polar surface area (TPSA) is 12.0 Å². The fourth-order valence-electron chi connectivity index (χ4n) is 8.54. The summed E-state index contributed by atoms with van der Waals surface area (Å²) < 4.78 is 0. The van der Waals surface area contributed by atoms with Gasteiger partial charge in [0.2, 0.25) is 0 Å². The average molecular weight is 732 g/mol. The van der Waals surface area contributed by atoms with Gasteiger partial charge in [0.1, 0.15) is 0 Å². The second-order valence-electron chi connectivity index (χ2n) is 19.7. The molecule has 2 aliphatic rings.